The van der Waals surface area contributed by atoms with Crippen molar-refractivity contribution in [3.63, 3.8) is 0 Å². The maximum atomic E-state index is 12.0. The Kier molecular flexibility index (Phi) is 2.97. The average molecular weight is 268 g/mol. The van der Waals surface area contributed by atoms with E-state index in [4.69, 9.17) is 9.47 Å². The zero-order chi connectivity index (χ0) is 14.2. The lowest BCUT2D eigenvalue weighted by molar-refractivity contribution is 0.0619. The monoisotopic (exact) mass is 268 g/mol. The maximum Gasteiger partial charge on any atom is 0.170 e. The third-order valence-electron chi connectivity index (χ3n) is 3.20. The van der Waals surface area contributed by atoms with Crippen LogP contribution >= 0.6 is 0 Å². The summed E-state index contributed by atoms with van der Waals surface area (Å²) in [5.41, 5.74) is 0.167. The van der Waals surface area contributed by atoms with E-state index in [1.165, 1.54) is 0 Å². The first-order chi connectivity index (χ1) is 9.53. The number of para-hydroxylation sites is 1. The van der Waals surface area contributed by atoms with Crippen molar-refractivity contribution in [2.75, 3.05) is 0 Å². The normalized spacial score (nSPS) is 16.2. The van der Waals surface area contributed by atoms with E-state index in [1.54, 1.807) is 18.2 Å². The van der Waals surface area contributed by atoms with E-state index in [0.717, 1.165) is 5.75 Å². The Hall–Kier alpha value is -2.29. The molecule has 1 heterocycles. The van der Waals surface area contributed by atoms with Gasteiger partial charge in [-0.05, 0) is 38.1 Å². The molecule has 0 amide bonds. The van der Waals surface area contributed by atoms with Crippen LogP contribution in [0.25, 0.3) is 0 Å². The van der Waals surface area contributed by atoms with Crippen LogP contribution in [0.15, 0.2) is 48.5 Å². The van der Waals surface area contributed by atoms with Gasteiger partial charge in [0.05, 0.1) is 12.0 Å². The molecular weight excluding hydrogens is 252 g/mol. The van der Waals surface area contributed by atoms with E-state index >= 15 is 0 Å². The molecule has 1 aliphatic rings. The Morgan fingerprint density at radius 1 is 1.05 bits per heavy atom. The fourth-order valence-corrected chi connectivity index (χ4v) is 2.32. The minimum Gasteiger partial charge on any atom is -0.486 e. The lowest BCUT2D eigenvalue weighted by Gasteiger charge is -2.31. The number of Topliss-reactive ketones (excluding diaryl/α,β-unsaturated/α-hetero) is 1. The molecule has 0 aromatic heterocycles. The first-order valence-corrected chi connectivity index (χ1v) is 6.63. The number of carbonyl (C=O) groups excluding carboxylic acids is 1. The van der Waals surface area contributed by atoms with Gasteiger partial charge in [-0.2, -0.15) is 0 Å². The van der Waals surface area contributed by atoms with Crippen molar-refractivity contribution in [1.29, 1.82) is 0 Å². The molecule has 0 spiro atoms. The quantitative estimate of drug-likeness (QED) is 0.818. The highest BCUT2D eigenvalue weighted by molar-refractivity contribution is 6.00. The van der Waals surface area contributed by atoms with Crippen LogP contribution in [0.2, 0.25) is 0 Å². The molecule has 0 N–H and O–H groups in total. The predicted octanol–water partition coefficient (Wildman–Crippen LogP) is 4.22. The molecular formula is C17H16O3. The molecule has 1 aliphatic heterocycles. The summed E-state index contributed by atoms with van der Waals surface area (Å²) in [5, 5.41) is 0. The van der Waals surface area contributed by atoms with E-state index in [9.17, 15) is 4.79 Å². The van der Waals surface area contributed by atoms with Gasteiger partial charge in [-0.25, -0.2) is 0 Å². The molecule has 0 saturated heterocycles. The first kappa shape index (κ1) is 12.7. The summed E-state index contributed by atoms with van der Waals surface area (Å²) in [6.07, 6.45) is 0.402. The summed E-state index contributed by atoms with van der Waals surface area (Å²) in [6.45, 7) is 3.83. The Morgan fingerprint density at radius 2 is 1.80 bits per heavy atom. The highest BCUT2D eigenvalue weighted by Gasteiger charge is 2.32. The Bertz CT molecular complexity index is 645. The average Bonchev–Trinajstić information content (AvgIpc) is 2.38. The number of rotatable bonds is 2. The van der Waals surface area contributed by atoms with E-state index in [1.807, 2.05) is 44.2 Å². The fraction of sp³-hybridized carbons (Fsp3) is 0.235. The molecule has 3 rings (SSSR count). The van der Waals surface area contributed by atoms with Crippen LogP contribution in [0, 0.1) is 0 Å². The SMILES string of the molecule is CC1(C)CC(=O)c2ccc(Oc3ccccc3)cc2O1. The number of hydrogen-bond donors (Lipinski definition) is 0. The Balaban J connectivity index is 1.91. The first-order valence-electron chi connectivity index (χ1n) is 6.63. The Morgan fingerprint density at radius 3 is 2.55 bits per heavy atom. The van der Waals surface area contributed by atoms with Gasteiger partial charge in [0.2, 0.25) is 0 Å². The van der Waals surface area contributed by atoms with Crippen LogP contribution in [-0.2, 0) is 0 Å². The number of ether oxygens (including phenoxy) is 2. The van der Waals surface area contributed by atoms with Crippen molar-refractivity contribution >= 4 is 5.78 Å². The van der Waals surface area contributed by atoms with Crippen LogP contribution in [0.3, 0.4) is 0 Å². The van der Waals surface area contributed by atoms with E-state index in [2.05, 4.69) is 0 Å². The van der Waals surface area contributed by atoms with Crippen LogP contribution in [0.1, 0.15) is 30.6 Å². The largest absolute Gasteiger partial charge is 0.486 e. The fourth-order valence-electron chi connectivity index (χ4n) is 2.32. The molecule has 3 heteroatoms. The second kappa shape index (κ2) is 4.67. The van der Waals surface area contributed by atoms with Gasteiger partial charge in [0.25, 0.3) is 0 Å². The minimum absolute atomic E-state index is 0.113. The molecule has 0 radical (unpaired) electrons. The lowest BCUT2D eigenvalue weighted by atomic mass is 9.93. The molecule has 102 valence electrons. The minimum atomic E-state index is -0.463. The van der Waals surface area contributed by atoms with Crippen molar-refractivity contribution in [3.05, 3.63) is 54.1 Å². The van der Waals surface area contributed by atoms with Gasteiger partial charge in [-0.3, -0.25) is 4.79 Å². The summed E-state index contributed by atoms with van der Waals surface area (Å²) in [5.74, 6) is 2.14. The van der Waals surface area contributed by atoms with Gasteiger partial charge >= 0.3 is 0 Å². The topological polar surface area (TPSA) is 35.5 Å². The third-order valence-corrected chi connectivity index (χ3v) is 3.20. The second-order valence-corrected chi connectivity index (χ2v) is 5.53. The van der Waals surface area contributed by atoms with Crippen molar-refractivity contribution in [3.8, 4) is 17.2 Å². The molecule has 0 aliphatic carbocycles. The van der Waals surface area contributed by atoms with Crippen molar-refractivity contribution in [2.45, 2.75) is 25.9 Å². The van der Waals surface area contributed by atoms with Crippen molar-refractivity contribution in [1.82, 2.24) is 0 Å². The van der Waals surface area contributed by atoms with Gasteiger partial charge in [0.1, 0.15) is 22.8 Å². The van der Waals surface area contributed by atoms with E-state index < -0.39 is 5.60 Å². The Labute approximate surface area is 118 Å². The van der Waals surface area contributed by atoms with Gasteiger partial charge < -0.3 is 9.47 Å². The highest BCUT2D eigenvalue weighted by atomic mass is 16.5. The number of benzene rings is 2. The van der Waals surface area contributed by atoms with Crippen molar-refractivity contribution in [2.24, 2.45) is 0 Å². The highest BCUT2D eigenvalue weighted by Crippen LogP contribution is 2.36. The number of carbonyl (C=O) groups is 1. The van der Waals surface area contributed by atoms with Crippen LogP contribution in [-0.4, -0.2) is 11.4 Å². The van der Waals surface area contributed by atoms with Crippen molar-refractivity contribution < 1.29 is 14.3 Å². The van der Waals surface area contributed by atoms with Gasteiger partial charge in [0.15, 0.2) is 5.78 Å². The van der Waals surface area contributed by atoms with Gasteiger partial charge in [0, 0.05) is 6.07 Å². The summed E-state index contributed by atoms with van der Waals surface area (Å²) in [6, 6.07) is 14.9. The predicted molar refractivity (Wildman–Crippen MR) is 76.6 cm³/mol. The maximum absolute atomic E-state index is 12.0. The molecule has 0 bridgehead atoms. The molecule has 0 saturated carbocycles. The second-order valence-electron chi connectivity index (χ2n) is 5.53. The van der Waals surface area contributed by atoms with E-state index in [0.29, 0.717) is 23.5 Å². The third kappa shape index (κ3) is 2.52. The lowest BCUT2D eigenvalue weighted by Crippen LogP contribution is -2.35. The van der Waals surface area contributed by atoms with Gasteiger partial charge in [-0.15, -0.1) is 0 Å². The molecule has 0 fully saturated rings. The van der Waals surface area contributed by atoms with Crippen LogP contribution in [0.5, 0.6) is 17.2 Å². The molecule has 0 unspecified atom stereocenters. The molecule has 20 heavy (non-hydrogen) atoms. The molecule has 2 aromatic rings. The zero-order valence-corrected chi connectivity index (χ0v) is 11.6. The summed E-state index contributed by atoms with van der Waals surface area (Å²) < 4.78 is 11.6. The number of fused-ring (bicyclic) bond motifs is 1. The summed E-state index contributed by atoms with van der Waals surface area (Å²) >= 11 is 0. The molecule has 3 nitrogen and oxygen atoms in total. The molecule has 0 atom stereocenters. The van der Waals surface area contributed by atoms with Crippen LogP contribution < -0.4 is 9.47 Å². The van der Waals surface area contributed by atoms with Gasteiger partial charge in [-0.1, -0.05) is 18.2 Å². The zero-order valence-electron chi connectivity index (χ0n) is 11.6. The number of hydrogen-bond acceptors (Lipinski definition) is 3. The number of ketones is 1. The summed E-state index contributed by atoms with van der Waals surface area (Å²) in [7, 11) is 0. The smallest absolute Gasteiger partial charge is 0.170 e. The standard InChI is InChI=1S/C17H16O3/c1-17(2)11-15(18)14-9-8-13(10-16(14)20-17)19-12-6-4-3-5-7-12/h3-10H,11H2,1-2H3. The summed E-state index contributed by atoms with van der Waals surface area (Å²) in [4.78, 5) is 12.0. The molecule has 2 aromatic carbocycles. The van der Waals surface area contributed by atoms with Crippen LogP contribution in [0.4, 0.5) is 0 Å². The van der Waals surface area contributed by atoms with E-state index in [-0.39, 0.29) is 5.78 Å².